The van der Waals surface area contributed by atoms with E-state index < -0.39 is 12.2 Å². The molecule has 2 fully saturated rings. The Morgan fingerprint density at radius 1 is 1.14 bits per heavy atom. The van der Waals surface area contributed by atoms with Crippen molar-refractivity contribution >= 4 is 23.8 Å². The van der Waals surface area contributed by atoms with Crippen LogP contribution in [0.1, 0.15) is 69.7 Å². The van der Waals surface area contributed by atoms with Crippen LogP contribution in [0.15, 0.2) is 6.20 Å². The standard InChI is InChI=1S/C24H38F2N6O5/c1-24(2,3)37-23(35)32-11-8-16(9-12-32)30-20(34)18-14-28-22(27-10-13-36-21(25)26)31-19(18)29-15-4-6-17(33)7-5-15/h14-17,21,33H,4-13H2,1-3H3,(H,30,34)(H2,27,28,29,31). The predicted molar refractivity (Wildman–Crippen MR) is 133 cm³/mol. The molecule has 13 heteroatoms. The Kier molecular flexibility index (Phi) is 10.2. The Balaban J connectivity index is 1.62. The third-order valence-electron chi connectivity index (χ3n) is 6.18. The molecule has 2 heterocycles. The number of hydrogen-bond acceptors (Lipinski definition) is 9. The van der Waals surface area contributed by atoms with Crippen molar-refractivity contribution in [1.82, 2.24) is 20.2 Å². The second-order valence-corrected chi connectivity index (χ2v) is 10.4. The molecule has 2 amide bonds. The maximum Gasteiger partial charge on any atom is 0.410 e. The van der Waals surface area contributed by atoms with E-state index in [-0.39, 0.29) is 54.9 Å². The summed E-state index contributed by atoms with van der Waals surface area (Å²) < 4.78 is 34.0. The average Bonchev–Trinajstić information content (AvgIpc) is 2.82. The van der Waals surface area contributed by atoms with Crippen molar-refractivity contribution < 1.29 is 33.0 Å². The molecule has 1 aliphatic heterocycles. The van der Waals surface area contributed by atoms with Crippen molar-refractivity contribution in [3.8, 4) is 0 Å². The predicted octanol–water partition coefficient (Wildman–Crippen LogP) is 2.97. The Hall–Kier alpha value is -2.80. The second-order valence-electron chi connectivity index (χ2n) is 10.4. The SMILES string of the molecule is CC(C)(C)OC(=O)N1CCC(NC(=O)c2cnc(NCCOC(F)F)nc2NC2CCC(O)CC2)CC1. The van der Waals surface area contributed by atoms with Crippen LogP contribution >= 0.6 is 0 Å². The lowest BCUT2D eigenvalue weighted by Crippen LogP contribution is -2.48. The van der Waals surface area contributed by atoms with Gasteiger partial charge in [-0.05, 0) is 59.3 Å². The molecule has 1 aromatic rings. The van der Waals surface area contributed by atoms with Crippen molar-refractivity contribution in [3.63, 3.8) is 0 Å². The highest BCUT2D eigenvalue weighted by Crippen LogP contribution is 2.24. The molecule has 37 heavy (non-hydrogen) atoms. The van der Waals surface area contributed by atoms with Gasteiger partial charge in [-0.3, -0.25) is 4.79 Å². The normalized spacial score (nSPS) is 21.0. The minimum absolute atomic E-state index is 0.0249. The van der Waals surface area contributed by atoms with E-state index in [9.17, 15) is 23.5 Å². The van der Waals surface area contributed by atoms with Crippen molar-refractivity contribution in [2.75, 3.05) is 36.9 Å². The van der Waals surface area contributed by atoms with Gasteiger partial charge >= 0.3 is 12.7 Å². The lowest BCUT2D eigenvalue weighted by Gasteiger charge is -2.33. The largest absolute Gasteiger partial charge is 0.444 e. The number of amides is 2. The van der Waals surface area contributed by atoms with Gasteiger partial charge in [-0.1, -0.05) is 0 Å². The van der Waals surface area contributed by atoms with Crippen molar-refractivity contribution in [1.29, 1.82) is 0 Å². The topological polar surface area (TPSA) is 138 Å². The molecule has 0 radical (unpaired) electrons. The first-order chi connectivity index (χ1) is 17.5. The fraction of sp³-hybridized carbons (Fsp3) is 0.750. The Morgan fingerprint density at radius 2 is 1.81 bits per heavy atom. The molecular weight excluding hydrogens is 490 g/mol. The van der Waals surface area contributed by atoms with Gasteiger partial charge in [0.15, 0.2) is 0 Å². The van der Waals surface area contributed by atoms with Crippen LogP contribution in [0.3, 0.4) is 0 Å². The summed E-state index contributed by atoms with van der Waals surface area (Å²) >= 11 is 0. The van der Waals surface area contributed by atoms with E-state index in [1.54, 1.807) is 4.90 Å². The Labute approximate surface area is 215 Å². The average molecular weight is 529 g/mol. The van der Waals surface area contributed by atoms with Gasteiger partial charge in [0.2, 0.25) is 5.95 Å². The van der Waals surface area contributed by atoms with Crippen LogP contribution in [-0.2, 0) is 9.47 Å². The third-order valence-corrected chi connectivity index (χ3v) is 6.18. The van der Waals surface area contributed by atoms with Crippen molar-refractivity contribution in [3.05, 3.63) is 11.8 Å². The number of hydrogen-bond donors (Lipinski definition) is 4. The number of anilines is 2. The number of alkyl halides is 2. The zero-order valence-corrected chi connectivity index (χ0v) is 21.6. The van der Waals surface area contributed by atoms with Gasteiger partial charge in [-0.25, -0.2) is 9.78 Å². The van der Waals surface area contributed by atoms with Crippen LogP contribution in [0.5, 0.6) is 0 Å². The van der Waals surface area contributed by atoms with Crippen LogP contribution in [-0.4, -0.2) is 88.6 Å². The molecular formula is C24H38F2N6O5. The minimum atomic E-state index is -2.86. The summed E-state index contributed by atoms with van der Waals surface area (Å²) in [6.45, 7) is 3.38. The molecule has 0 unspecified atom stereocenters. The maximum absolute atomic E-state index is 13.2. The quantitative estimate of drug-likeness (QED) is 0.356. The minimum Gasteiger partial charge on any atom is -0.444 e. The molecule has 0 bridgehead atoms. The highest BCUT2D eigenvalue weighted by Gasteiger charge is 2.29. The molecule has 0 spiro atoms. The zero-order valence-electron chi connectivity index (χ0n) is 21.6. The zero-order chi connectivity index (χ0) is 27.0. The van der Waals surface area contributed by atoms with Crippen LogP contribution < -0.4 is 16.0 Å². The number of likely N-dealkylation sites (tertiary alicyclic amines) is 1. The molecule has 1 saturated heterocycles. The molecule has 0 atom stereocenters. The summed E-state index contributed by atoms with van der Waals surface area (Å²) in [6.07, 6.45) is 4.61. The van der Waals surface area contributed by atoms with E-state index >= 15 is 0 Å². The van der Waals surface area contributed by atoms with E-state index in [0.717, 1.165) is 12.8 Å². The number of piperidine rings is 1. The van der Waals surface area contributed by atoms with Crippen LogP contribution in [0.25, 0.3) is 0 Å². The summed E-state index contributed by atoms with van der Waals surface area (Å²) in [5.41, 5.74) is -0.311. The number of carbonyl (C=O) groups is 2. The van der Waals surface area contributed by atoms with Crippen molar-refractivity contribution in [2.24, 2.45) is 0 Å². The maximum atomic E-state index is 13.2. The summed E-state index contributed by atoms with van der Waals surface area (Å²) in [5.74, 6) is 0.164. The summed E-state index contributed by atoms with van der Waals surface area (Å²) in [7, 11) is 0. The number of nitrogens with one attached hydrogen (secondary N) is 3. The first kappa shape index (κ1) is 28.8. The van der Waals surface area contributed by atoms with Crippen LogP contribution in [0.2, 0.25) is 0 Å². The van der Waals surface area contributed by atoms with E-state index in [1.807, 2.05) is 20.8 Å². The van der Waals surface area contributed by atoms with Crippen LogP contribution in [0.4, 0.5) is 25.3 Å². The first-order valence-electron chi connectivity index (χ1n) is 12.7. The number of aliphatic hydroxyl groups is 1. The molecule has 1 aliphatic carbocycles. The number of rotatable bonds is 9. The summed E-state index contributed by atoms with van der Waals surface area (Å²) in [4.78, 5) is 35.7. The van der Waals surface area contributed by atoms with Crippen LogP contribution in [0, 0.1) is 0 Å². The highest BCUT2D eigenvalue weighted by atomic mass is 19.3. The second kappa shape index (κ2) is 13.1. The van der Waals surface area contributed by atoms with Crippen molar-refractivity contribution in [2.45, 2.75) is 89.7 Å². The summed E-state index contributed by atoms with van der Waals surface area (Å²) in [5, 5.41) is 18.9. The number of ether oxygens (including phenoxy) is 2. The molecule has 1 aromatic heterocycles. The number of aromatic nitrogens is 2. The van der Waals surface area contributed by atoms with E-state index in [1.165, 1.54) is 6.20 Å². The molecule has 3 rings (SSSR count). The lowest BCUT2D eigenvalue weighted by molar-refractivity contribution is -0.125. The third kappa shape index (κ3) is 9.54. The Morgan fingerprint density at radius 3 is 2.43 bits per heavy atom. The molecule has 4 N–H and O–H groups in total. The lowest BCUT2D eigenvalue weighted by atomic mass is 9.93. The van der Waals surface area contributed by atoms with Gasteiger partial charge in [0, 0.05) is 37.9 Å². The number of nitrogens with zero attached hydrogens (tertiary/aromatic N) is 3. The smallest absolute Gasteiger partial charge is 0.410 e. The number of carbonyl (C=O) groups excluding carboxylic acids is 2. The van der Waals surface area contributed by atoms with Gasteiger partial charge in [-0.2, -0.15) is 13.8 Å². The molecule has 1 saturated carbocycles. The summed E-state index contributed by atoms with van der Waals surface area (Å²) in [6, 6.07) is -0.106. The van der Waals surface area contributed by atoms with E-state index in [0.29, 0.717) is 44.6 Å². The van der Waals surface area contributed by atoms with Gasteiger partial charge in [-0.15, -0.1) is 0 Å². The number of halogens is 2. The highest BCUT2D eigenvalue weighted by molar-refractivity contribution is 5.98. The Bertz CT molecular complexity index is 900. The fourth-order valence-corrected chi connectivity index (χ4v) is 4.26. The van der Waals surface area contributed by atoms with Gasteiger partial charge in [0.25, 0.3) is 5.91 Å². The van der Waals surface area contributed by atoms with E-state index in [2.05, 4.69) is 30.7 Å². The molecule has 11 nitrogen and oxygen atoms in total. The molecule has 0 aromatic carbocycles. The number of aliphatic hydroxyl groups excluding tert-OH is 1. The molecule has 2 aliphatic rings. The van der Waals surface area contributed by atoms with Gasteiger partial charge in [0.1, 0.15) is 17.0 Å². The van der Waals surface area contributed by atoms with Gasteiger partial charge < -0.3 is 35.4 Å². The monoisotopic (exact) mass is 528 g/mol. The fourth-order valence-electron chi connectivity index (χ4n) is 4.26. The first-order valence-corrected chi connectivity index (χ1v) is 12.7. The van der Waals surface area contributed by atoms with Gasteiger partial charge in [0.05, 0.1) is 12.7 Å². The van der Waals surface area contributed by atoms with E-state index in [4.69, 9.17) is 4.74 Å². The molecule has 208 valence electrons.